The third-order valence-electron chi connectivity index (χ3n) is 6.62. The van der Waals surface area contributed by atoms with E-state index in [1.165, 1.54) is 12.3 Å². The molecule has 0 spiro atoms. The van der Waals surface area contributed by atoms with Crippen molar-refractivity contribution < 1.29 is 9.18 Å². The predicted molar refractivity (Wildman–Crippen MR) is 131 cm³/mol. The molecular formula is C26H27FN6O. The molecule has 4 heterocycles. The summed E-state index contributed by atoms with van der Waals surface area (Å²) in [5.74, 6) is -0.484. The largest absolute Gasteiger partial charge is 0.371 e. The molecule has 1 aromatic carbocycles. The fourth-order valence-electron chi connectivity index (χ4n) is 4.59. The molecule has 3 aromatic heterocycles. The highest BCUT2D eigenvalue weighted by Crippen LogP contribution is 2.26. The fourth-order valence-corrected chi connectivity index (χ4v) is 4.59. The zero-order valence-electron chi connectivity index (χ0n) is 19.5. The number of hydrogen-bond acceptors (Lipinski definition) is 6. The van der Waals surface area contributed by atoms with Crippen molar-refractivity contribution in [2.24, 2.45) is 0 Å². The normalized spacial score (nSPS) is 14.8. The number of rotatable bonds is 5. The maximum absolute atomic E-state index is 13.4. The van der Waals surface area contributed by atoms with Crippen LogP contribution in [-0.2, 0) is 0 Å². The van der Waals surface area contributed by atoms with Gasteiger partial charge in [-0.2, -0.15) is 4.39 Å². The Kier molecular flexibility index (Phi) is 5.83. The standard InChI is InChI=1S/C26H27FN6O/c1-16-12-24(27)29-15-20(16)22-13-17(6-9-28-22)25(34)26-30-21-5-4-19(14-23(21)31-26)33-10-7-18(8-11-33)32(2)3/h4-6,9,12-15,18H,7-8,10-11H2,1-3H3,(H,30,31). The first-order valence-corrected chi connectivity index (χ1v) is 11.4. The summed E-state index contributed by atoms with van der Waals surface area (Å²) in [6.07, 6.45) is 5.27. The van der Waals surface area contributed by atoms with Gasteiger partial charge in [0, 0.05) is 48.3 Å². The Hall–Kier alpha value is -3.65. The Labute approximate surface area is 197 Å². The van der Waals surface area contributed by atoms with Crippen LogP contribution in [0.2, 0.25) is 0 Å². The molecule has 0 aliphatic carbocycles. The fraction of sp³-hybridized carbons (Fsp3) is 0.308. The van der Waals surface area contributed by atoms with E-state index in [0.29, 0.717) is 28.4 Å². The lowest BCUT2D eigenvalue weighted by Crippen LogP contribution is -2.41. The lowest BCUT2D eigenvalue weighted by Gasteiger charge is -2.36. The molecular weight excluding hydrogens is 431 g/mol. The number of nitrogens with zero attached hydrogens (tertiary/aromatic N) is 5. The van der Waals surface area contributed by atoms with Gasteiger partial charge in [-0.1, -0.05) is 0 Å². The summed E-state index contributed by atoms with van der Waals surface area (Å²) in [5, 5.41) is 0. The van der Waals surface area contributed by atoms with Gasteiger partial charge in [-0.15, -0.1) is 0 Å². The van der Waals surface area contributed by atoms with Crippen molar-refractivity contribution in [2.75, 3.05) is 32.1 Å². The van der Waals surface area contributed by atoms with Crippen molar-refractivity contribution in [3.05, 3.63) is 71.7 Å². The molecule has 8 heteroatoms. The number of ketones is 1. The lowest BCUT2D eigenvalue weighted by atomic mass is 10.0. The van der Waals surface area contributed by atoms with Crippen molar-refractivity contribution in [2.45, 2.75) is 25.8 Å². The molecule has 1 aliphatic heterocycles. The Morgan fingerprint density at radius 2 is 1.91 bits per heavy atom. The van der Waals surface area contributed by atoms with E-state index in [4.69, 9.17) is 0 Å². The van der Waals surface area contributed by atoms with Gasteiger partial charge >= 0.3 is 0 Å². The van der Waals surface area contributed by atoms with Gasteiger partial charge in [0.05, 0.1) is 16.7 Å². The molecule has 34 heavy (non-hydrogen) atoms. The van der Waals surface area contributed by atoms with Crippen molar-refractivity contribution in [3.63, 3.8) is 0 Å². The van der Waals surface area contributed by atoms with Gasteiger partial charge < -0.3 is 14.8 Å². The Balaban J connectivity index is 1.39. The molecule has 0 bridgehead atoms. The van der Waals surface area contributed by atoms with Crippen LogP contribution >= 0.6 is 0 Å². The van der Waals surface area contributed by atoms with Crippen LogP contribution in [-0.4, -0.2) is 63.8 Å². The van der Waals surface area contributed by atoms with E-state index in [2.05, 4.69) is 56.0 Å². The number of piperidine rings is 1. The molecule has 1 aliphatic rings. The minimum absolute atomic E-state index is 0.221. The van der Waals surface area contributed by atoms with Crippen LogP contribution in [0.5, 0.6) is 0 Å². The number of fused-ring (bicyclic) bond motifs is 1. The zero-order valence-corrected chi connectivity index (χ0v) is 19.5. The summed E-state index contributed by atoms with van der Waals surface area (Å²) >= 11 is 0. The van der Waals surface area contributed by atoms with Gasteiger partial charge in [0.1, 0.15) is 0 Å². The maximum Gasteiger partial charge on any atom is 0.228 e. The van der Waals surface area contributed by atoms with Gasteiger partial charge in [0.25, 0.3) is 0 Å². The molecule has 0 radical (unpaired) electrons. The monoisotopic (exact) mass is 458 g/mol. The van der Waals surface area contributed by atoms with Crippen LogP contribution in [0.15, 0.2) is 48.8 Å². The van der Waals surface area contributed by atoms with Crippen LogP contribution in [0.1, 0.15) is 34.6 Å². The number of benzene rings is 1. The number of carbonyl (C=O) groups excluding carboxylic acids is 1. The minimum Gasteiger partial charge on any atom is -0.371 e. The highest BCUT2D eigenvalue weighted by Gasteiger charge is 2.22. The number of halogens is 1. The molecule has 174 valence electrons. The number of hydrogen-bond donors (Lipinski definition) is 1. The molecule has 0 amide bonds. The van der Waals surface area contributed by atoms with E-state index < -0.39 is 5.95 Å². The summed E-state index contributed by atoms with van der Waals surface area (Å²) in [6.45, 7) is 3.80. The predicted octanol–water partition coefficient (Wildman–Crippen LogP) is 4.23. The Morgan fingerprint density at radius 1 is 1.12 bits per heavy atom. The molecule has 1 fully saturated rings. The van der Waals surface area contributed by atoms with E-state index >= 15 is 0 Å². The summed E-state index contributed by atoms with van der Waals surface area (Å²) in [4.78, 5) is 33.7. The van der Waals surface area contributed by atoms with Crippen LogP contribution < -0.4 is 4.90 Å². The average Bonchev–Trinajstić information content (AvgIpc) is 3.27. The second-order valence-corrected chi connectivity index (χ2v) is 9.05. The number of pyridine rings is 2. The van der Waals surface area contributed by atoms with E-state index in [1.54, 1.807) is 25.3 Å². The number of imidazole rings is 1. The third kappa shape index (κ3) is 4.28. The van der Waals surface area contributed by atoms with E-state index in [0.717, 1.165) is 42.7 Å². The quantitative estimate of drug-likeness (QED) is 0.356. The van der Waals surface area contributed by atoms with Crippen molar-refractivity contribution in [1.29, 1.82) is 0 Å². The third-order valence-corrected chi connectivity index (χ3v) is 6.62. The Morgan fingerprint density at radius 3 is 2.65 bits per heavy atom. The topological polar surface area (TPSA) is 78.0 Å². The van der Waals surface area contributed by atoms with Crippen LogP contribution in [0.3, 0.4) is 0 Å². The molecule has 0 saturated carbocycles. The second kappa shape index (κ2) is 8.95. The molecule has 5 rings (SSSR count). The number of aryl methyl sites for hydroxylation is 1. The van der Waals surface area contributed by atoms with Gasteiger partial charge in [-0.3, -0.25) is 9.78 Å². The zero-order chi connectivity index (χ0) is 23.8. The first kappa shape index (κ1) is 22.2. The van der Waals surface area contributed by atoms with Crippen molar-refractivity contribution >= 4 is 22.5 Å². The van der Waals surface area contributed by atoms with Gasteiger partial charge in [0.2, 0.25) is 11.7 Å². The summed E-state index contributed by atoms with van der Waals surface area (Å²) in [6, 6.07) is 11.4. The van der Waals surface area contributed by atoms with Crippen molar-refractivity contribution in [1.82, 2.24) is 24.8 Å². The van der Waals surface area contributed by atoms with E-state index in [-0.39, 0.29) is 11.6 Å². The number of aromatic amines is 1. The van der Waals surface area contributed by atoms with Crippen molar-refractivity contribution in [3.8, 4) is 11.3 Å². The van der Waals surface area contributed by atoms with Gasteiger partial charge in [0.15, 0.2) is 5.82 Å². The first-order valence-electron chi connectivity index (χ1n) is 11.4. The summed E-state index contributed by atoms with van der Waals surface area (Å²) < 4.78 is 13.4. The number of carbonyl (C=O) groups is 1. The molecule has 0 atom stereocenters. The van der Waals surface area contributed by atoms with Crippen LogP contribution in [0, 0.1) is 12.9 Å². The van der Waals surface area contributed by atoms with E-state index in [9.17, 15) is 9.18 Å². The highest BCUT2D eigenvalue weighted by molar-refractivity contribution is 6.08. The first-order chi connectivity index (χ1) is 16.4. The minimum atomic E-state index is -0.544. The molecule has 1 N–H and O–H groups in total. The Bertz CT molecular complexity index is 1360. The van der Waals surface area contributed by atoms with Gasteiger partial charge in [-0.25, -0.2) is 9.97 Å². The number of aromatic nitrogens is 4. The molecule has 1 saturated heterocycles. The van der Waals surface area contributed by atoms with E-state index in [1.807, 2.05) is 6.07 Å². The summed E-state index contributed by atoms with van der Waals surface area (Å²) in [5.41, 5.74) is 5.14. The molecule has 4 aromatic rings. The average molecular weight is 459 g/mol. The number of nitrogens with one attached hydrogen (secondary N) is 1. The number of H-pyrrole nitrogens is 1. The number of anilines is 1. The highest BCUT2D eigenvalue weighted by atomic mass is 19.1. The van der Waals surface area contributed by atoms with Gasteiger partial charge in [-0.05, 0) is 75.8 Å². The smallest absolute Gasteiger partial charge is 0.228 e. The molecule has 7 nitrogen and oxygen atoms in total. The second-order valence-electron chi connectivity index (χ2n) is 9.05. The van der Waals surface area contributed by atoms with Crippen LogP contribution in [0.25, 0.3) is 22.3 Å². The SMILES string of the molecule is Cc1cc(F)ncc1-c1cc(C(=O)c2nc3ccc(N4CCC(N(C)C)CC4)cc3[nH]2)ccn1. The summed E-state index contributed by atoms with van der Waals surface area (Å²) in [7, 11) is 4.28. The maximum atomic E-state index is 13.4. The van der Waals surface area contributed by atoms with Crippen LogP contribution in [0.4, 0.5) is 10.1 Å². The lowest BCUT2D eigenvalue weighted by molar-refractivity contribution is 0.103. The molecule has 0 unspecified atom stereocenters.